The monoisotopic (exact) mass is 299 g/mol. The maximum absolute atomic E-state index is 12.5. The highest BCUT2D eigenvalue weighted by Gasteiger charge is 2.31. The molecule has 0 spiro atoms. The quantitative estimate of drug-likeness (QED) is 0.809. The third-order valence-electron chi connectivity index (χ3n) is 4.31. The fourth-order valence-electron chi connectivity index (χ4n) is 2.28. The second-order valence-electron chi connectivity index (χ2n) is 5.88. The minimum absolute atomic E-state index is 0.331. The Labute approximate surface area is 121 Å². The van der Waals surface area contributed by atoms with E-state index >= 15 is 0 Å². The van der Waals surface area contributed by atoms with Crippen molar-refractivity contribution in [2.24, 2.45) is 5.73 Å². The molecule has 6 heteroatoms. The van der Waals surface area contributed by atoms with Gasteiger partial charge in [0.05, 0.1) is 4.90 Å². The van der Waals surface area contributed by atoms with Crippen molar-refractivity contribution in [3.63, 3.8) is 0 Å². The molecule has 1 aliphatic rings. The predicted octanol–water partition coefficient (Wildman–Crippen LogP) is 2.14. The molecule has 1 fully saturated rings. The van der Waals surface area contributed by atoms with Crippen molar-refractivity contribution in [1.29, 1.82) is 0 Å². The van der Waals surface area contributed by atoms with E-state index in [-0.39, 0.29) is 0 Å². The van der Waals surface area contributed by atoms with E-state index in [1.807, 2.05) is 25.3 Å². The minimum atomic E-state index is -3.49. The lowest BCUT2D eigenvalue weighted by Crippen LogP contribution is -2.44. The SMILES string of the molecule is CCC(C)(CC)NS(=O)(=O)c1cc(CN)n(C2CC2)c1. The number of aromatic nitrogens is 1. The summed E-state index contributed by atoms with van der Waals surface area (Å²) in [6.07, 6.45) is 5.46. The van der Waals surface area contributed by atoms with E-state index in [9.17, 15) is 8.42 Å². The van der Waals surface area contributed by atoms with Crippen molar-refractivity contribution in [2.45, 2.75) is 69.5 Å². The van der Waals surface area contributed by atoms with Crippen LogP contribution in [0.2, 0.25) is 0 Å². The Balaban J connectivity index is 2.30. The summed E-state index contributed by atoms with van der Waals surface area (Å²) in [6, 6.07) is 2.13. The van der Waals surface area contributed by atoms with Crippen molar-refractivity contribution >= 4 is 10.0 Å². The summed E-state index contributed by atoms with van der Waals surface area (Å²) >= 11 is 0. The highest BCUT2D eigenvalue weighted by molar-refractivity contribution is 7.89. The van der Waals surface area contributed by atoms with E-state index in [1.165, 1.54) is 0 Å². The van der Waals surface area contributed by atoms with Crippen molar-refractivity contribution < 1.29 is 8.42 Å². The molecule has 0 aromatic carbocycles. The molecule has 2 rings (SSSR count). The van der Waals surface area contributed by atoms with E-state index < -0.39 is 15.6 Å². The summed E-state index contributed by atoms with van der Waals surface area (Å²) in [5, 5.41) is 0. The fraction of sp³-hybridized carbons (Fsp3) is 0.714. The molecule has 1 aromatic heterocycles. The van der Waals surface area contributed by atoms with E-state index in [4.69, 9.17) is 5.73 Å². The second-order valence-corrected chi connectivity index (χ2v) is 7.57. The first kappa shape index (κ1) is 15.5. The third kappa shape index (κ3) is 3.07. The molecule has 20 heavy (non-hydrogen) atoms. The van der Waals surface area contributed by atoms with Gasteiger partial charge in [-0.2, -0.15) is 0 Å². The second kappa shape index (κ2) is 5.50. The van der Waals surface area contributed by atoms with Crippen LogP contribution in [0.3, 0.4) is 0 Å². The lowest BCUT2D eigenvalue weighted by molar-refractivity contribution is 0.388. The first-order valence-corrected chi connectivity index (χ1v) is 8.78. The average molecular weight is 299 g/mol. The number of hydrogen-bond acceptors (Lipinski definition) is 3. The number of sulfonamides is 1. The fourth-order valence-corrected chi connectivity index (χ4v) is 3.88. The van der Waals surface area contributed by atoms with Gasteiger partial charge in [0.2, 0.25) is 10.0 Å². The largest absolute Gasteiger partial charge is 0.346 e. The maximum Gasteiger partial charge on any atom is 0.242 e. The van der Waals surface area contributed by atoms with Crippen LogP contribution in [0.5, 0.6) is 0 Å². The number of rotatable bonds is 7. The standard InChI is InChI=1S/C14H25N3O2S/c1-4-14(3,5-2)16-20(18,19)13-8-12(9-15)17(10-13)11-6-7-11/h8,10-11,16H,4-7,9,15H2,1-3H3. The molecule has 1 heterocycles. The van der Waals surface area contributed by atoms with Crippen LogP contribution in [0.15, 0.2) is 17.2 Å². The molecule has 0 saturated heterocycles. The van der Waals surface area contributed by atoms with Crippen molar-refractivity contribution in [3.8, 4) is 0 Å². The van der Waals surface area contributed by atoms with E-state index in [0.29, 0.717) is 17.5 Å². The molecule has 0 amide bonds. The van der Waals surface area contributed by atoms with Crippen LogP contribution in [0.4, 0.5) is 0 Å². The molecule has 1 aromatic rings. The Morgan fingerprint density at radius 2 is 2.00 bits per heavy atom. The number of nitrogens with two attached hydrogens (primary N) is 1. The average Bonchev–Trinajstić information content (AvgIpc) is 3.16. The molecule has 1 saturated carbocycles. The molecule has 0 bridgehead atoms. The zero-order valence-corrected chi connectivity index (χ0v) is 13.3. The Kier molecular flexibility index (Phi) is 4.27. The van der Waals surface area contributed by atoms with Gasteiger partial charge in [0.25, 0.3) is 0 Å². The number of hydrogen-bond donors (Lipinski definition) is 2. The Morgan fingerprint density at radius 1 is 1.40 bits per heavy atom. The number of nitrogens with zero attached hydrogens (tertiary/aromatic N) is 1. The molecule has 0 radical (unpaired) electrons. The first-order valence-electron chi connectivity index (χ1n) is 7.30. The van der Waals surface area contributed by atoms with Gasteiger partial charge in [-0.25, -0.2) is 13.1 Å². The van der Waals surface area contributed by atoms with E-state index in [1.54, 1.807) is 12.3 Å². The van der Waals surface area contributed by atoms with Gasteiger partial charge in [0.15, 0.2) is 0 Å². The Bertz CT molecular complexity index is 569. The van der Waals surface area contributed by atoms with Gasteiger partial charge in [-0.15, -0.1) is 0 Å². The van der Waals surface area contributed by atoms with Gasteiger partial charge in [0.1, 0.15) is 0 Å². The smallest absolute Gasteiger partial charge is 0.242 e. The van der Waals surface area contributed by atoms with Gasteiger partial charge in [0, 0.05) is 30.0 Å². The molecular formula is C14H25N3O2S. The maximum atomic E-state index is 12.5. The van der Waals surface area contributed by atoms with Gasteiger partial charge < -0.3 is 10.3 Å². The summed E-state index contributed by atoms with van der Waals surface area (Å²) in [4.78, 5) is 0.331. The van der Waals surface area contributed by atoms with Crippen LogP contribution >= 0.6 is 0 Å². The summed E-state index contributed by atoms with van der Waals surface area (Å²) in [5.74, 6) is 0. The van der Waals surface area contributed by atoms with Crippen molar-refractivity contribution in [1.82, 2.24) is 9.29 Å². The van der Waals surface area contributed by atoms with Crippen LogP contribution in [0.1, 0.15) is 58.2 Å². The van der Waals surface area contributed by atoms with Crippen LogP contribution in [0.25, 0.3) is 0 Å². The summed E-state index contributed by atoms with van der Waals surface area (Å²) in [5.41, 5.74) is 6.21. The Hall–Kier alpha value is -0.850. The Morgan fingerprint density at radius 3 is 2.45 bits per heavy atom. The zero-order chi connectivity index (χ0) is 15.0. The number of nitrogens with one attached hydrogen (secondary N) is 1. The normalized spacial score (nSPS) is 16.6. The minimum Gasteiger partial charge on any atom is -0.346 e. The summed E-state index contributed by atoms with van der Waals surface area (Å²) in [6.45, 7) is 6.29. The van der Waals surface area contributed by atoms with Gasteiger partial charge in [-0.3, -0.25) is 0 Å². The van der Waals surface area contributed by atoms with Crippen LogP contribution in [-0.4, -0.2) is 18.5 Å². The molecule has 1 aliphatic carbocycles. The van der Waals surface area contributed by atoms with Gasteiger partial charge in [-0.05, 0) is 38.7 Å². The van der Waals surface area contributed by atoms with E-state index in [0.717, 1.165) is 31.4 Å². The van der Waals surface area contributed by atoms with Gasteiger partial charge >= 0.3 is 0 Å². The van der Waals surface area contributed by atoms with Crippen LogP contribution in [-0.2, 0) is 16.6 Å². The molecule has 3 N–H and O–H groups in total. The highest BCUT2D eigenvalue weighted by atomic mass is 32.2. The first-order chi connectivity index (χ1) is 9.35. The van der Waals surface area contributed by atoms with E-state index in [2.05, 4.69) is 4.72 Å². The van der Waals surface area contributed by atoms with Crippen molar-refractivity contribution in [3.05, 3.63) is 18.0 Å². The topological polar surface area (TPSA) is 77.1 Å². The van der Waals surface area contributed by atoms with Crippen LogP contribution < -0.4 is 10.5 Å². The highest BCUT2D eigenvalue weighted by Crippen LogP contribution is 2.37. The molecular weight excluding hydrogens is 274 g/mol. The lowest BCUT2D eigenvalue weighted by atomic mass is 9.98. The predicted molar refractivity (Wildman–Crippen MR) is 79.9 cm³/mol. The molecule has 0 aliphatic heterocycles. The van der Waals surface area contributed by atoms with Crippen LogP contribution in [0, 0.1) is 0 Å². The summed E-state index contributed by atoms with van der Waals surface area (Å²) in [7, 11) is -3.49. The molecule has 114 valence electrons. The lowest BCUT2D eigenvalue weighted by Gasteiger charge is -2.27. The zero-order valence-electron chi connectivity index (χ0n) is 12.5. The summed E-state index contributed by atoms with van der Waals surface area (Å²) < 4.78 is 29.9. The third-order valence-corrected chi connectivity index (χ3v) is 5.91. The molecule has 5 nitrogen and oxygen atoms in total. The molecule has 0 atom stereocenters. The van der Waals surface area contributed by atoms with Crippen molar-refractivity contribution in [2.75, 3.05) is 0 Å². The van der Waals surface area contributed by atoms with Gasteiger partial charge in [-0.1, -0.05) is 13.8 Å². The molecule has 0 unspecified atom stereocenters.